The van der Waals surface area contributed by atoms with E-state index in [1.165, 1.54) is 0 Å². The van der Waals surface area contributed by atoms with E-state index in [1.54, 1.807) is 7.11 Å². The Labute approximate surface area is 112 Å². The van der Waals surface area contributed by atoms with Crippen LogP contribution in [0.3, 0.4) is 0 Å². The second-order valence-electron chi connectivity index (χ2n) is 5.84. The molecule has 18 heavy (non-hydrogen) atoms. The Morgan fingerprint density at radius 2 is 1.78 bits per heavy atom. The maximum absolute atomic E-state index is 12.5. The molecule has 0 spiro atoms. The minimum atomic E-state index is -0.463. The minimum Gasteiger partial charge on any atom is -0.383 e. The molecule has 0 fully saturated rings. The molecule has 0 aromatic heterocycles. The van der Waals surface area contributed by atoms with Gasteiger partial charge in [-0.3, -0.25) is 4.79 Å². The average molecular weight is 258 g/mol. The van der Waals surface area contributed by atoms with Crippen LogP contribution < -0.4 is 5.73 Å². The van der Waals surface area contributed by atoms with Crippen molar-refractivity contribution in [2.75, 3.05) is 20.3 Å². The van der Waals surface area contributed by atoms with Gasteiger partial charge in [0.1, 0.15) is 0 Å². The van der Waals surface area contributed by atoms with Crippen LogP contribution in [0.15, 0.2) is 0 Å². The van der Waals surface area contributed by atoms with E-state index in [0.717, 1.165) is 12.8 Å². The number of carbonyl (C=O) groups is 1. The zero-order valence-electron chi connectivity index (χ0n) is 12.8. The molecule has 0 aromatic rings. The summed E-state index contributed by atoms with van der Waals surface area (Å²) in [5.41, 5.74) is 5.87. The first kappa shape index (κ1) is 17.4. The maximum atomic E-state index is 12.5. The number of nitrogens with two attached hydrogens (primary N) is 1. The molecule has 1 atom stereocenters. The quantitative estimate of drug-likeness (QED) is 0.760. The van der Waals surface area contributed by atoms with Gasteiger partial charge in [-0.15, -0.1) is 0 Å². The van der Waals surface area contributed by atoms with Gasteiger partial charge in [0.25, 0.3) is 0 Å². The first-order valence-electron chi connectivity index (χ1n) is 6.84. The van der Waals surface area contributed by atoms with Crippen LogP contribution in [-0.4, -0.2) is 43.2 Å². The van der Waals surface area contributed by atoms with Gasteiger partial charge in [0.15, 0.2) is 0 Å². The molecule has 0 aliphatic rings. The second-order valence-corrected chi connectivity index (χ2v) is 5.84. The van der Waals surface area contributed by atoms with E-state index in [9.17, 15) is 4.79 Å². The lowest BCUT2D eigenvalue weighted by Crippen LogP contribution is -2.54. The first-order valence-corrected chi connectivity index (χ1v) is 6.84. The molecular weight excluding hydrogens is 228 g/mol. The van der Waals surface area contributed by atoms with Crippen molar-refractivity contribution in [3.05, 3.63) is 0 Å². The summed E-state index contributed by atoms with van der Waals surface area (Å²) in [5.74, 6) is 0.0354. The predicted molar refractivity (Wildman–Crippen MR) is 75.4 cm³/mol. The molecule has 4 heteroatoms. The van der Waals surface area contributed by atoms with Gasteiger partial charge < -0.3 is 15.4 Å². The fraction of sp³-hybridized carbons (Fsp3) is 0.929. The predicted octanol–water partition coefficient (Wildman–Crippen LogP) is 2.02. The number of rotatable bonds is 7. The third kappa shape index (κ3) is 4.94. The van der Waals surface area contributed by atoms with E-state index >= 15 is 0 Å². The van der Waals surface area contributed by atoms with Crippen molar-refractivity contribution < 1.29 is 9.53 Å². The van der Waals surface area contributed by atoms with Crippen molar-refractivity contribution in [3.8, 4) is 0 Å². The zero-order valence-corrected chi connectivity index (χ0v) is 12.8. The molecule has 108 valence electrons. The first-order chi connectivity index (χ1) is 8.29. The summed E-state index contributed by atoms with van der Waals surface area (Å²) >= 11 is 0. The molecule has 0 aromatic carbocycles. The van der Waals surface area contributed by atoms with E-state index in [0.29, 0.717) is 13.2 Å². The number of amides is 1. The maximum Gasteiger partial charge on any atom is 0.240 e. The highest BCUT2D eigenvalue weighted by molar-refractivity contribution is 5.82. The summed E-state index contributed by atoms with van der Waals surface area (Å²) in [5, 5.41) is 0. The van der Waals surface area contributed by atoms with E-state index in [1.807, 2.05) is 25.7 Å². The van der Waals surface area contributed by atoms with Crippen molar-refractivity contribution in [3.63, 3.8) is 0 Å². The normalized spacial score (nSPS) is 13.8. The van der Waals surface area contributed by atoms with Crippen LogP contribution in [0.1, 0.15) is 47.5 Å². The van der Waals surface area contributed by atoms with Crippen molar-refractivity contribution in [2.45, 2.75) is 59.5 Å². The van der Waals surface area contributed by atoms with Gasteiger partial charge in [0, 0.05) is 19.7 Å². The Balaban J connectivity index is 4.89. The second kappa shape index (κ2) is 7.74. The van der Waals surface area contributed by atoms with Crippen LogP contribution in [0.4, 0.5) is 0 Å². The number of ether oxygens (including phenoxy) is 1. The number of hydrogen-bond donors (Lipinski definition) is 1. The smallest absolute Gasteiger partial charge is 0.240 e. The molecule has 4 nitrogen and oxygen atoms in total. The molecule has 2 N–H and O–H groups in total. The molecule has 0 bridgehead atoms. The topological polar surface area (TPSA) is 55.6 Å². The van der Waals surface area contributed by atoms with Crippen LogP contribution in [0, 0.1) is 5.41 Å². The van der Waals surface area contributed by atoms with E-state index in [2.05, 4.69) is 13.8 Å². The Morgan fingerprint density at radius 3 is 2.11 bits per heavy atom. The van der Waals surface area contributed by atoms with Gasteiger partial charge >= 0.3 is 0 Å². The summed E-state index contributed by atoms with van der Waals surface area (Å²) in [4.78, 5) is 14.4. The zero-order chi connectivity index (χ0) is 14.3. The van der Waals surface area contributed by atoms with Gasteiger partial charge in [-0.25, -0.2) is 0 Å². The van der Waals surface area contributed by atoms with Crippen molar-refractivity contribution in [2.24, 2.45) is 11.1 Å². The standard InChI is InChI=1S/C14H30N2O2/c1-7-11(8-2)16(9-10-18-6)13(17)12(15)14(3,4)5/h11-12H,7-10,15H2,1-6H3/t12-/m1/s1. The fourth-order valence-electron chi connectivity index (χ4n) is 1.94. The van der Waals surface area contributed by atoms with Crippen molar-refractivity contribution >= 4 is 5.91 Å². The Hall–Kier alpha value is -0.610. The van der Waals surface area contributed by atoms with E-state index in [-0.39, 0.29) is 17.4 Å². The SMILES string of the molecule is CCC(CC)N(CCOC)C(=O)[C@@H](N)C(C)(C)C. The van der Waals surface area contributed by atoms with E-state index in [4.69, 9.17) is 10.5 Å². The fourth-order valence-corrected chi connectivity index (χ4v) is 1.94. The summed E-state index contributed by atoms with van der Waals surface area (Å²) < 4.78 is 5.09. The van der Waals surface area contributed by atoms with Crippen LogP contribution in [0.25, 0.3) is 0 Å². The highest BCUT2D eigenvalue weighted by Gasteiger charge is 2.33. The van der Waals surface area contributed by atoms with Crippen LogP contribution in [0.2, 0.25) is 0 Å². The monoisotopic (exact) mass is 258 g/mol. The summed E-state index contributed by atoms with van der Waals surface area (Å²) in [6.07, 6.45) is 1.89. The Kier molecular flexibility index (Phi) is 7.48. The number of methoxy groups -OCH3 is 1. The molecule has 0 radical (unpaired) electrons. The van der Waals surface area contributed by atoms with Gasteiger partial charge in [0.2, 0.25) is 5.91 Å². The number of carbonyl (C=O) groups excluding carboxylic acids is 1. The molecular formula is C14H30N2O2. The van der Waals surface area contributed by atoms with Gasteiger partial charge in [-0.2, -0.15) is 0 Å². The van der Waals surface area contributed by atoms with Crippen LogP contribution in [0.5, 0.6) is 0 Å². The van der Waals surface area contributed by atoms with Gasteiger partial charge in [0.05, 0.1) is 12.6 Å². The Bertz CT molecular complexity index is 245. The largest absolute Gasteiger partial charge is 0.383 e. The highest BCUT2D eigenvalue weighted by atomic mass is 16.5. The van der Waals surface area contributed by atoms with E-state index < -0.39 is 6.04 Å². The highest BCUT2D eigenvalue weighted by Crippen LogP contribution is 2.21. The molecule has 0 aliphatic carbocycles. The lowest BCUT2D eigenvalue weighted by atomic mass is 9.86. The molecule has 1 amide bonds. The third-order valence-electron chi connectivity index (χ3n) is 3.40. The molecule has 0 heterocycles. The van der Waals surface area contributed by atoms with Crippen molar-refractivity contribution in [1.29, 1.82) is 0 Å². The molecule has 0 aliphatic heterocycles. The molecule has 0 saturated carbocycles. The third-order valence-corrected chi connectivity index (χ3v) is 3.40. The molecule has 0 rings (SSSR count). The molecule has 0 saturated heterocycles. The molecule has 0 unspecified atom stereocenters. The van der Waals surface area contributed by atoms with Crippen LogP contribution in [-0.2, 0) is 9.53 Å². The lowest BCUT2D eigenvalue weighted by molar-refractivity contribution is -0.138. The summed E-state index contributed by atoms with van der Waals surface area (Å²) in [6, 6.07) is -0.212. The average Bonchev–Trinajstić information content (AvgIpc) is 2.31. The van der Waals surface area contributed by atoms with Crippen LogP contribution >= 0.6 is 0 Å². The summed E-state index contributed by atoms with van der Waals surface area (Å²) in [6.45, 7) is 11.4. The van der Waals surface area contributed by atoms with Gasteiger partial charge in [-0.1, -0.05) is 34.6 Å². The number of hydrogen-bond acceptors (Lipinski definition) is 3. The minimum absolute atomic E-state index is 0.0354. The van der Waals surface area contributed by atoms with Crippen molar-refractivity contribution in [1.82, 2.24) is 4.90 Å². The van der Waals surface area contributed by atoms with Gasteiger partial charge in [-0.05, 0) is 18.3 Å². The summed E-state index contributed by atoms with van der Waals surface area (Å²) in [7, 11) is 1.65. The Morgan fingerprint density at radius 1 is 1.28 bits per heavy atom. The number of nitrogens with zero attached hydrogens (tertiary/aromatic N) is 1. The lowest BCUT2D eigenvalue weighted by Gasteiger charge is -2.36.